The van der Waals surface area contributed by atoms with E-state index in [0.717, 1.165) is 16.7 Å². The van der Waals surface area contributed by atoms with Crippen LogP contribution in [-0.2, 0) is 29.2 Å². The fourth-order valence-corrected chi connectivity index (χ4v) is 3.35. The second-order valence-electron chi connectivity index (χ2n) is 7.46. The number of amides is 1. The zero-order chi connectivity index (χ0) is 21.7. The molecule has 0 unspecified atom stereocenters. The molecule has 2 aromatic carbocycles. The summed E-state index contributed by atoms with van der Waals surface area (Å²) in [6.07, 6.45) is 0.157. The van der Waals surface area contributed by atoms with E-state index in [9.17, 15) is 14.9 Å². The van der Waals surface area contributed by atoms with Crippen molar-refractivity contribution in [3.8, 4) is 17.6 Å². The van der Waals surface area contributed by atoms with E-state index in [-0.39, 0.29) is 12.0 Å². The lowest BCUT2D eigenvalue weighted by atomic mass is 9.99. The monoisotopic (exact) mass is 408 g/mol. The second kappa shape index (κ2) is 9.31. The molecule has 3 rings (SSSR count). The van der Waals surface area contributed by atoms with E-state index in [1.54, 1.807) is 17.0 Å². The molecule has 7 nitrogen and oxygen atoms in total. The zero-order valence-electron chi connectivity index (χ0n) is 17.1. The fourth-order valence-electron chi connectivity index (χ4n) is 3.35. The van der Waals surface area contributed by atoms with Crippen molar-refractivity contribution < 1.29 is 24.2 Å². The number of aliphatic carboxylic acids is 1. The highest BCUT2D eigenvalue weighted by atomic mass is 16.5. The Morgan fingerprint density at radius 2 is 2.00 bits per heavy atom. The highest BCUT2D eigenvalue weighted by molar-refractivity contribution is 5.93. The SMILES string of the molecule is CC(C)Oc1ccc(COc2ccc3c(c2)CCN(C(=O)CC(=O)O)C3)cc1C#N. The van der Waals surface area contributed by atoms with Gasteiger partial charge >= 0.3 is 5.97 Å². The van der Waals surface area contributed by atoms with Crippen molar-refractivity contribution in [2.75, 3.05) is 6.54 Å². The maximum absolute atomic E-state index is 12.0. The van der Waals surface area contributed by atoms with Crippen LogP contribution in [0.1, 0.15) is 42.5 Å². The number of carboxylic acid groups (broad SMARTS) is 1. The Morgan fingerprint density at radius 3 is 2.70 bits per heavy atom. The fraction of sp³-hybridized carbons (Fsp3) is 0.348. The predicted molar refractivity (Wildman–Crippen MR) is 109 cm³/mol. The Bertz CT molecular complexity index is 994. The van der Waals surface area contributed by atoms with Gasteiger partial charge in [0.05, 0.1) is 11.7 Å². The van der Waals surface area contributed by atoms with E-state index in [4.69, 9.17) is 14.6 Å². The van der Waals surface area contributed by atoms with Crippen LogP contribution in [0.15, 0.2) is 36.4 Å². The summed E-state index contributed by atoms with van der Waals surface area (Å²) < 4.78 is 11.5. The zero-order valence-corrected chi connectivity index (χ0v) is 17.1. The molecule has 30 heavy (non-hydrogen) atoms. The van der Waals surface area contributed by atoms with Crippen molar-refractivity contribution in [2.24, 2.45) is 0 Å². The Hall–Kier alpha value is -3.53. The summed E-state index contributed by atoms with van der Waals surface area (Å²) in [7, 11) is 0. The minimum Gasteiger partial charge on any atom is -0.490 e. The van der Waals surface area contributed by atoms with Gasteiger partial charge in [-0.15, -0.1) is 0 Å². The molecule has 0 fully saturated rings. The average Bonchev–Trinajstić information content (AvgIpc) is 2.71. The van der Waals surface area contributed by atoms with Crippen LogP contribution < -0.4 is 9.47 Å². The molecule has 0 saturated carbocycles. The molecule has 1 N–H and O–H groups in total. The molecule has 0 aliphatic carbocycles. The minimum atomic E-state index is -1.11. The Labute approximate surface area is 175 Å². The molecular weight excluding hydrogens is 384 g/mol. The van der Waals surface area contributed by atoms with E-state index < -0.39 is 12.4 Å². The lowest BCUT2D eigenvalue weighted by molar-refractivity contribution is -0.144. The van der Waals surface area contributed by atoms with Crippen LogP contribution in [0.5, 0.6) is 11.5 Å². The summed E-state index contributed by atoms with van der Waals surface area (Å²) in [5.74, 6) is -0.211. The van der Waals surface area contributed by atoms with Gasteiger partial charge in [-0.2, -0.15) is 5.26 Å². The Kier molecular flexibility index (Phi) is 6.58. The molecule has 1 amide bonds. The predicted octanol–water partition coefficient (Wildman–Crippen LogP) is 3.28. The largest absolute Gasteiger partial charge is 0.490 e. The van der Waals surface area contributed by atoms with Crippen LogP contribution in [0.4, 0.5) is 0 Å². The Morgan fingerprint density at radius 1 is 1.20 bits per heavy atom. The maximum Gasteiger partial charge on any atom is 0.312 e. The summed E-state index contributed by atoms with van der Waals surface area (Å²) in [4.78, 5) is 24.3. The number of benzene rings is 2. The number of hydrogen-bond acceptors (Lipinski definition) is 5. The van der Waals surface area contributed by atoms with Gasteiger partial charge in [0.25, 0.3) is 0 Å². The molecule has 0 spiro atoms. The van der Waals surface area contributed by atoms with Crippen LogP contribution in [0.25, 0.3) is 0 Å². The molecule has 0 saturated heterocycles. The Balaban J connectivity index is 1.64. The van der Waals surface area contributed by atoms with Gasteiger partial charge in [-0.05, 0) is 61.2 Å². The first kappa shape index (κ1) is 21.2. The van der Waals surface area contributed by atoms with Crippen molar-refractivity contribution >= 4 is 11.9 Å². The first-order valence-corrected chi connectivity index (χ1v) is 9.79. The molecule has 1 aliphatic heterocycles. The first-order valence-electron chi connectivity index (χ1n) is 9.79. The smallest absolute Gasteiger partial charge is 0.312 e. The van der Waals surface area contributed by atoms with Gasteiger partial charge in [0.1, 0.15) is 30.6 Å². The van der Waals surface area contributed by atoms with E-state index in [1.165, 1.54) is 0 Å². The van der Waals surface area contributed by atoms with Gasteiger partial charge < -0.3 is 19.5 Å². The summed E-state index contributed by atoms with van der Waals surface area (Å²) >= 11 is 0. The number of nitrogens with zero attached hydrogens (tertiary/aromatic N) is 2. The van der Waals surface area contributed by atoms with E-state index in [1.807, 2.05) is 38.1 Å². The lowest BCUT2D eigenvalue weighted by Gasteiger charge is -2.28. The number of carboxylic acids is 1. The standard InChI is InChI=1S/C23H24N2O5/c1-15(2)30-21-6-3-16(9-19(21)12-24)14-29-20-5-4-18-13-25(8-7-17(18)10-20)22(26)11-23(27)28/h3-6,9-10,15H,7-8,11,13-14H2,1-2H3,(H,27,28). The third-order valence-electron chi connectivity index (χ3n) is 4.78. The number of fused-ring (bicyclic) bond motifs is 1. The summed E-state index contributed by atoms with van der Waals surface area (Å²) in [5.41, 5.74) is 3.42. The molecule has 2 aromatic rings. The molecule has 7 heteroatoms. The van der Waals surface area contributed by atoms with E-state index >= 15 is 0 Å². The highest BCUT2D eigenvalue weighted by Crippen LogP contribution is 2.26. The number of rotatable bonds is 7. The van der Waals surface area contributed by atoms with Gasteiger partial charge in [-0.3, -0.25) is 9.59 Å². The number of carbonyl (C=O) groups is 2. The third-order valence-corrected chi connectivity index (χ3v) is 4.78. The van der Waals surface area contributed by atoms with E-state index in [0.29, 0.717) is 43.2 Å². The van der Waals surface area contributed by atoms with E-state index in [2.05, 4.69) is 6.07 Å². The molecule has 156 valence electrons. The second-order valence-corrected chi connectivity index (χ2v) is 7.46. The van der Waals surface area contributed by atoms with Crippen LogP contribution in [0, 0.1) is 11.3 Å². The first-order chi connectivity index (χ1) is 14.4. The molecule has 0 atom stereocenters. The molecule has 1 aliphatic rings. The third kappa shape index (κ3) is 5.29. The van der Waals surface area contributed by atoms with Crippen molar-refractivity contribution in [3.63, 3.8) is 0 Å². The summed E-state index contributed by atoms with van der Waals surface area (Å²) in [6, 6.07) is 13.3. The van der Waals surface area contributed by atoms with Crippen LogP contribution in [-0.4, -0.2) is 34.5 Å². The normalized spacial score (nSPS) is 12.8. The molecule has 0 radical (unpaired) electrons. The van der Waals surface area contributed by atoms with Gasteiger partial charge in [0.15, 0.2) is 0 Å². The van der Waals surface area contributed by atoms with Gasteiger partial charge in [-0.25, -0.2) is 0 Å². The molecule has 1 heterocycles. The number of ether oxygens (including phenoxy) is 2. The van der Waals surface area contributed by atoms with Crippen LogP contribution >= 0.6 is 0 Å². The van der Waals surface area contributed by atoms with Gasteiger partial charge in [-0.1, -0.05) is 12.1 Å². The molecule has 0 aromatic heterocycles. The lowest BCUT2D eigenvalue weighted by Crippen LogP contribution is -2.36. The van der Waals surface area contributed by atoms with Gasteiger partial charge in [0.2, 0.25) is 5.91 Å². The maximum atomic E-state index is 12.0. The number of nitriles is 1. The quantitative estimate of drug-likeness (QED) is 0.706. The molecular formula is C23H24N2O5. The van der Waals surface area contributed by atoms with Crippen molar-refractivity contribution in [1.29, 1.82) is 5.26 Å². The van der Waals surface area contributed by atoms with Gasteiger partial charge in [0, 0.05) is 13.1 Å². The minimum absolute atomic E-state index is 0.00922. The van der Waals surface area contributed by atoms with Crippen molar-refractivity contribution in [2.45, 2.75) is 45.9 Å². The highest BCUT2D eigenvalue weighted by Gasteiger charge is 2.22. The molecule has 0 bridgehead atoms. The number of carbonyl (C=O) groups excluding carboxylic acids is 1. The van der Waals surface area contributed by atoms with Crippen LogP contribution in [0.2, 0.25) is 0 Å². The summed E-state index contributed by atoms with van der Waals surface area (Å²) in [5, 5.41) is 18.1. The van der Waals surface area contributed by atoms with Crippen molar-refractivity contribution in [1.82, 2.24) is 4.90 Å². The van der Waals surface area contributed by atoms with Crippen molar-refractivity contribution in [3.05, 3.63) is 58.7 Å². The summed E-state index contributed by atoms with van der Waals surface area (Å²) in [6.45, 7) is 5.04. The van der Waals surface area contributed by atoms with Crippen LogP contribution in [0.3, 0.4) is 0 Å². The topological polar surface area (TPSA) is 99.9 Å². The number of hydrogen-bond donors (Lipinski definition) is 1. The average molecular weight is 408 g/mol.